The van der Waals surface area contributed by atoms with Crippen LogP contribution >= 0.6 is 0 Å². The molecule has 1 aliphatic carbocycles. The third-order valence-electron chi connectivity index (χ3n) is 4.15. The van der Waals surface area contributed by atoms with E-state index in [4.69, 9.17) is 4.52 Å². The molecule has 110 valence electrons. The van der Waals surface area contributed by atoms with E-state index in [-0.39, 0.29) is 11.8 Å². The van der Waals surface area contributed by atoms with E-state index in [9.17, 15) is 9.90 Å². The number of nitrogens with zero attached hydrogens (tertiary/aromatic N) is 2. The Balaban J connectivity index is 1.44. The van der Waals surface area contributed by atoms with Crippen LogP contribution in [0, 0.1) is 5.92 Å². The zero-order valence-electron chi connectivity index (χ0n) is 11.5. The molecule has 3 rings (SSSR count). The topological polar surface area (TPSA) is 78.6 Å². The lowest BCUT2D eigenvalue weighted by Crippen LogP contribution is -2.44. The smallest absolute Gasteiger partial charge is 0.249 e. The molecule has 2 N–H and O–H groups in total. The average Bonchev–Trinajstić information content (AvgIpc) is 3.12. The van der Waals surface area contributed by atoms with E-state index < -0.39 is 6.10 Å². The van der Waals surface area contributed by atoms with Crippen molar-refractivity contribution in [2.45, 2.75) is 44.4 Å². The Morgan fingerprint density at radius 1 is 1.45 bits per heavy atom. The molecule has 20 heavy (non-hydrogen) atoms. The van der Waals surface area contributed by atoms with Gasteiger partial charge in [0.15, 0.2) is 0 Å². The van der Waals surface area contributed by atoms with Gasteiger partial charge in [-0.3, -0.25) is 9.69 Å². The molecule has 2 aliphatic rings. The molecule has 6 nitrogen and oxygen atoms in total. The summed E-state index contributed by atoms with van der Waals surface area (Å²) in [5, 5.41) is 16.9. The maximum Gasteiger partial charge on any atom is 0.249 e. The second-order valence-corrected chi connectivity index (χ2v) is 5.83. The Kier molecular flexibility index (Phi) is 4.03. The minimum Gasteiger partial charge on any atom is -0.383 e. The van der Waals surface area contributed by atoms with Gasteiger partial charge >= 0.3 is 0 Å². The second-order valence-electron chi connectivity index (χ2n) is 5.83. The van der Waals surface area contributed by atoms with Gasteiger partial charge < -0.3 is 14.9 Å². The van der Waals surface area contributed by atoms with Crippen LogP contribution in [0.5, 0.6) is 0 Å². The van der Waals surface area contributed by atoms with Gasteiger partial charge in [0.25, 0.3) is 0 Å². The standard InChI is InChI=1S/C14H21N3O3/c18-13(14(19)15-11-1-2-11)10-3-6-17(7-4-10)9-12-5-8-20-16-12/h5,8,10-11,13,18H,1-4,6-7,9H2,(H,15,19)/t13-/m0/s1. The highest BCUT2D eigenvalue weighted by molar-refractivity contribution is 5.81. The maximum atomic E-state index is 11.8. The number of likely N-dealkylation sites (tertiary alicyclic amines) is 1. The minimum atomic E-state index is -0.857. The summed E-state index contributed by atoms with van der Waals surface area (Å²) < 4.78 is 4.82. The highest BCUT2D eigenvalue weighted by Gasteiger charge is 2.32. The minimum absolute atomic E-state index is 0.0716. The predicted octanol–water partition coefficient (Wildman–Crippen LogP) is 0.526. The largest absolute Gasteiger partial charge is 0.383 e. The molecule has 2 fully saturated rings. The summed E-state index contributed by atoms with van der Waals surface area (Å²) in [4.78, 5) is 14.1. The highest BCUT2D eigenvalue weighted by Crippen LogP contribution is 2.24. The van der Waals surface area contributed by atoms with Crippen molar-refractivity contribution in [2.24, 2.45) is 5.92 Å². The van der Waals surface area contributed by atoms with Crippen LogP contribution in [0.15, 0.2) is 16.9 Å². The third-order valence-corrected chi connectivity index (χ3v) is 4.15. The van der Waals surface area contributed by atoms with Crippen molar-refractivity contribution in [1.29, 1.82) is 0 Å². The number of nitrogens with one attached hydrogen (secondary N) is 1. The number of hydrogen-bond donors (Lipinski definition) is 2. The SMILES string of the molecule is O=C(NC1CC1)[C@@H](O)C1CCN(Cc2ccon2)CC1. The zero-order valence-corrected chi connectivity index (χ0v) is 11.5. The van der Waals surface area contributed by atoms with Crippen LogP contribution in [0.2, 0.25) is 0 Å². The maximum absolute atomic E-state index is 11.8. The summed E-state index contributed by atoms with van der Waals surface area (Å²) >= 11 is 0. The molecule has 1 aromatic heterocycles. The molecule has 0 spiro atoms. The molecule has 2 heterocycles. The fraction of sp³-hybridized carbons (Fsp3) is 0.714. The first-order chi connectivity index (χ1) is 9.72. The van der Waals surface area contributed by atoms with Gasteiger partial charge in [-0.15, -0.1) is 0 Å². The van der Waals surface area contributed by atoms with E-state index in [1.807, 2.05) is 6.07 Å². The van der Waals surface area contributed by atoms with Crippen molar-refractivity contribution in [3.63, 3.8) is 0 Å². The summed E-state index contributed by atoms with van der Waals surface area (Å²) in [6.07, 6.45) is 4.51. The molecule has 1 aliphatic heterocycles. The summed E-state index contributed by atoms with van der Waals surface area (Å²) in [7, 11) is 0. The molecule has 1 saturated heterocycles. The second kappa shape index (κ2) is 5.93. The van der Waals surface area contributed by atoms with Crippen molar-refractivity contribution in [3.05, 3.63) is 18.0 Å². The zero-order chi connectivity index (χ0) is 13.9. The van der Waals surface area contributed by atoms with E-state index in [1.165, 1.54) is 0 Å². The van der Waals surface area contributed by atoms with E-state index in [0.29, 0.717) is 6.04 Å². The van der Waals surface area contributed by atoms with Crippen LogP contribution in [0.3, 0.4) is 0 Å². The first-order valence-electron chi connectivity index (χ1n) is 7.32. The first kappa shape index (κ1) is 13.6. The number of piperidine rings is 1. The number of amides is 1. The number of rotatable bonds is 5. The molecular formula is C14H21N3O3. The molecular weight excluding hydrogens is 258 g/mol. The lowest BCUT2D eigenvalue weighted by atomic mass is 9.90. The number of aliphatic hydroxyl groups is 1. The lowest BCUT2D eigenvalue weighted by molar-refractivity contribution is -0.133. The van der Waals surface area contributed by atoms with Crippen molar-refractivity contribution >= 4 is 5.91 Å². The van der Waals surface area contributed by atoms with Crippen molar-refractivity contribution in [3.8, 4) is 0 Å². The fourth-order valence-corrected chi connectivity index (χ4v) is 2.70. The summed E-state index contributed by atoms with van der Waals surface area (Å²) in [6, 6.07) is 2.17. The van der Waals surface area contributed by atoms with Gasteiger partial charge in [0, 0.05) is 18.7 Å². The van der Waals surface area contributed by atoms with Crippen LogP contribution in [-0.4, -0.2) is 46.3 Å². The number of hydrogen-bond acceptors (Lipinski definition) is 5. The quantitative estimate of drug-likeness (QED) is 0.822. The van der Waals surface area contributed by atoms with Crippen molar-refractivity contribution in [1.82, 2.24) is 15.4 Å². The molecule has 1 amide bonds. The van der Waals surface area contributed by atoms with Gasteiger partial charge in [0.05, 0.1) is 5.69 Å². The van der Waals surface area contributed by atoms with Gasteiger partial charge in [0.2, 0.25) is 5.91 Å². The highest BCUT2D eigenvalue weighted by atomic mass is 16.5. The molecule has 1 saturated carbocycles. The van der Waals surface area contributed by atoms with Crippen LogP contribution in [0.25, 0.3) is 0 Å². The number of carbonyl (C=O) groups excluding carboxylic acids is 1. The molecule has 0 unspecified atom stereocenters. The fourth-order valence-electron chi connectivity index (χ4n) is 2.70. The van der Waals surface area contributed by atoms with Gasteiger partial charge in [-0.25, -0.2) is 0 Å². The monoisotopic (exact) mass is 279 g/mol. The molecule has 1 aromatic rings. The van der Waals surface area contributed by atoms with E-state index in [1.54, 1.807) is 6.26 Å². The Bertz CT molecular complexity index is 437. The van der Waals surface area contributed by atoms with E-state index >= 15 is 0 Å². The van der Waals surface area contributed by atoms with Crippen LogP contribution in [-0.2, 0) is 11.3 Å². The summed E-state index contributed by atoms with van der Waals surface area (Å²) in [6.45, 7) is 2.53. The van der Waals surface area contributed by atoms with Gasteiger partial charge in [-0.05, 0) is 44.7 Å². The Labute approximate surface area is 118 Å². The Morgan fingerprint density at radius 3 is 2.80 bits per heavy atom. The number of aliphatic hydroxyl groups excluding tert-OH is 1. The van der Waals surface area contributed by atoms with Crippen LogP contribution in [0.4, 0.5) is 0 Å². The average molecular weight is 279 g/mol. The van der Waals surface area contributed by atoms with E-state index in [0.717, 1.165) is 51.0 Å². The Morgan fingerprint density at radius 2 is 2.20 bits per heavy atom. The predicted molar refractivity (Wildman–Crippen MR) is 71.7 cm³/mol. The molecule has 0 aromatic carbocycles. The lowest BCUT2D eigenvalue weighted by Gasteiger charge is -2.33. The van der Waals surface area contributed by atoms with Crippen LogP contribution in [0.1, 0.15) is 31.4 Å². The van der Waals surface area contributed by atoms with Crippen molar-refractivity contribution in [2.75, 3.05) is 13.1 Å². The first-order valence-corrected chi connectivity index (χ1v) is 7.32. The number of carbonyl (C=O) groups is 1. The molecule has 6 heteroatoms. The molecule has 0 bridgehead atoms. The van der Waals surface area contributed by atoms with Gasteiger partial charge in [-0.1, -0.05) is 5.16 Å². The normalized spacial score (nSPS) is 22.6. The van der Waals surface area contributed by atoms with Gasteiger partial charge in [-0.2, -0.15) is 0 Å². The molecule has 1 atom stereocenters. The van der Waals surface area contributed by atoms with Gasteiger partial charge in [0.1, 0.15) is 12.4 Å². The summed E-state index contributed by atoms with van der Waals surface area (Å²) in [5.41, 5.74) is 0.926. The number of aromatic nitrogens is 1. The van der Waals surface area contributed by atoms with E-state index in [2.05, 4.69) is 15.4 Å². The summed E-state index contributed by atoms with van der Waals surface area (Å²) in [5.74, 6) is -0.121. The third kappa shape index (κ3) is 3.37. The van der Waals surface area contributed by atoms with Crippen LogP contribution < -0.4 is 5.32 Å². The van der Waals surface area contributed by atoms with Crippen molar-refractivity contribution < 1.29 is 14.4 Å². The Hall–Kier alpha value is -1.40. The molecule has 0 radical (unpaired) electrons.